The van der Waals surface area contributed by atoms with Crippen LogP contribution in [-0.2, 0) is 9.59 Å². The molecule has 17 heavy (non-hydrogen) atoms. The van der Waals surface area contributed by atoms with E-state index in [2.05, 4.69) is 16.0 Å². The molecule has 0 aromatic rings. The first kappa shape index (κ1) is 15.9. The first-order valence-corrected chi connectivity index (χ1v) is 6.18. The Morgan fingerprint density at radius 1 is 1.00 bits per heavy atom. The monoisotopic (exact) mass is 243 g/mol. The summed E-state index contributed by atoms with van der Waals surface area (Å²) in [6.45, 7) is 9.44. The molecule has 0 unspecified atom stereocenters. The van der Waals surface area contributed by atoms with Crippen LogP contribution in [0.4, 0.5) is 0 Å². The average molecular weight is 243 g/mol. The predicted molar refractivity (Wildman–Crippen MR) is 68.6 cm³/mol. The third-order valence-corrected chi connectivity index (χ3v) is 2.06. The van der Waals surface area contributed by atoms with Gasteiger partial charge in [0.25, 0.3) is 0 Å². The van der Waals surface area contributed by atoms with Crippen molar-refractivity contribution in [1.29, 1.82) is 0 Å². The maximum atomic E-state index is 11.3. The zero-order chi connectivity index (χ0) is 13.3. The maximum absolute atomic E-state index is 11.3. The Hall–Kier alpha value is -1.10. The molecule has 2 amide bonds. The van der Waals surface area contributed by atoms with E-state index in [1.165, 1.54) is 0 Å². The smallest absolute Gasteiger partial charge is 0.239 e. The lowest BCUT2D eigenvalue weighted by atomic mass is 10.2. The topological polar surface area (TPSA) is 70.2 Å². The number of carbonyl (C=O) groups is 2. The Morgan fingerprint density at radius 2 is 1.65 bits per heavy atom. The fourth-order valence-corrected chi connectivity index (χ4v) is 1.12. The van der Waals surface area contributed by atoms with Crippen LogP contribution in [-0.4, -0.2) is 37.5 Å². The zero-order valence-electron chi connectivity index (χ0n) is 11.3. The van der Waals surface area contributed by atoms with Crippen LogP contribution >= 0.6 is 0 Å². The molecule has 0 fully saturated rings. The summed E-state index contributed by atoms with van der Waals surface area (Å²) in [5.41, 5.74) is 0. The van der Waals surface area contributed by atoms with E-state index in [4.69, 9.17) is 0 Å². The molecule has 100 valence electrons. The summed E-state index contributed by atoms with van der Waals surface area (Å²) < 4.78 is 0. The average Bonchev–Trinajstić information content (AvgIpc) is 2.23. The molecule has 0 aliphatic rings. The van der Waals surface area contributed by atoms with E-state index < -0.39 is 0 Å². The highest BCUT2D eigenvalue weighted by Gasteiger charge is 2.05. The third kappa shape index (κ3) is 11.2. The van der Waals surface area contributed by atoms with Gasteiger partial charge in [0.05, 0.1) is 6.54 Å². The van der Waals surface area contributed by atoms with E-state index >= 15 is 0 Å². The van der Waals surface area contributed by atoms with Crippen LogP contribution in [0, 0.1) is 5.92 Å². The summed E-state index contributed by atoms with van der Waals surface area (Å²) in [5.74, 6) is 0.187. The van der Waals surface area contributed by atoms with Gasteiger partial charge in [-0.3, -0.25) is 9.59 Å². The maximum Gasteiger partial charge on any atom is 0.239 e. The summed E-state index contributed by atoms with van der Waals surface area (Å²) in [6.07, 6.45) is 0.398. The van der Waals surface area contributed by atoms with Crippen LogP contribution in [0.15, 0.2) is 0 Å². The standard InChI is InChI=1S/C12H25N3O2/c1-9(2)7-14-12(17)8-15-11(16)5-6-13-10(3)4/h9-10,13H,5-8H2,1-4H3,(H,14,17)(H,15,16). The SMILES string of the molecule is CC(C)CNC(=O)CNC(=O)CCNC(C)C. The van der Waals surface area contributed by atoms with Gasteiger partial charge in [-0.2, -0.15) is 0 Å². The second kappa shape index (κ2) is 8.98. The summed E-state index contributed by atoms with van der Waals surface area (Å²) >= 11 is 0. The van der Waals surface area contributed by atoms with E-state index in [1.807, 2.05) is 27.7 Å². The second-order valence-electron chi connectivity index (χ2n) is 4.83. The Kier molecular flexibility index (Phi) is 8.40. The lowest BCUT2D eigenvalue weighted by Gasteiger charge is -2.10. The van der Waals surface area contributed by atoms with Crippen LogP contribution in [0.2, 0.25) is 0 Å². The van der Waals surface area contributed by atoms with Crippen LogP contribution in [0.1, 0.15) is 34.1 Å². The molecule has 0 aliphatic heterocycles. The minimum Gasteiger partial charge on any atom is -0.354 e. The van der Waals surface area contributed by atoms with Gasteiger partial charge in [0.1, 0.15) is 0 Å². The molecule has 0 aliphatic carbocycles. The van der Waals surface area contributed by atoms with Crippen molar-refractivity contribution in [3.8, 4) is 0 Å². The molecular weight excluding hydrogens is 218 g/mol. The fourth-order valence-electron chi connectivity index (χ4n) is 1.12. The van der Waals surface area contributed by atoms with Crippen molar-refractivity contribution >= 4 is 11.8 Å². The highest BCUT2D eigenvalue weighted by molar-refractivity contribution is 5.84. The highest BCUT2D eigenvalue weighted by Crippen LogP contribution is 1.86. The summed E-state index contributed by atoms with van der Waals surface area (Å²) in [5, 5.41) is 8.47. The molecule has 0 rings (SSSR count). The highest BCUT2D eigenvalue weighted by atomic mass is 16.2. The largest absolute Gasteiger partial charge is 0.354 e. The number of hydrogen-bond donors (Lipinski definition) is 3. The van der Waals surface area contributed by atoms with Crippen molar-refractivity contribution in [2.45, 2.75) is 40.2 Å². The molecule has 0 heterocycles. The predicted octanol–water partition coefficient (Wildman–Crippen LogP) is 0.263. The second-order valence-corrected chi connectivity index (χ2v) is 4.83. The van der Waals surface area contributed by atoms with Crippen molar-refractivity contribution in [1.82, 2.24) is 16.0 Å². The van der Waals surface area contributed by atoms with Gasteiger partial charge in [-0.15, -0.1) is 0 Å². The lowest BCUT2D eigenvalue weighted by Crippen LogP contribution is -2.39. The Labute approximate surface area is 104 Å². The van der Waals surface area contributed by atoms with Gasteiger partial charge in [0.2, 0.25) is 11.8 Å². The fraction of sp³-hybridized carbons (Fsp3) is 0.833. The van der Waals surface area contributed by atoms with Gasteiger partial charge in [-0.25, -0.2) is 0 Å². The van der Waals surface area contributed by atoms with E-state index in [9.17, 15) is 9.59 Å². The lowest BCUT2D eigenvalue weighted by molar-refractivity contribution is -0.126. The van der Waals surface area contributed by atoms with Crippen molar-refractivity contribution in [3.63, 3.8) is 0 Å². The molecule has 0 spiro atoms. The number of amides is 2. The normalized spacial score (nSPS) is 10.7. The van der Waals surface area contributed by atoms with Crippen LogP contribution in [0.3, 0.4) is 0 Å². The Morgan fingerprint density at radius 3 is 2.18 bits per heavy atom. The first-order valence-electron chi connectivity index (χ1n) is 6.18. The molecule has 0 atom stereocenters. The molecule has 0 aromatic carbocycles. The minimum absolute atomic E-state index is 0.0627. The van der Waals surface area contributed by atoms with E-state index in [0.29, 0.717) is 31.5 Å². The number of rotatable bonds is 8. The van der Waals surface area contributed by atoms with Gasteiger partial charge < -0.3 is 16.0 Å². The third-order valence-electron chi connectivity index (χ3n) is 2.06. The quantitative estimate of drug-likeness (QED) is 0.573. The number of hydrogen-bond acceptors (Lipinski definition) is 3. The van der Waals surface area contributed by atoms with Crippen LogP contribution < -0.4 is 16.0 Å². The molecule has 0 saturated carbocycles. The summed E-state index contributed by atoms with van der Waals surface area (Å²) in [4.78, 5) is 22.6. The Balaban J connectivity index is 3.52. The molecule has 5 nitrogen and oxygen atoms in total. The van der Waals surface area contributed by atoms with Crippen LogP contribution in [0.5, 0.6) is 0 Å². The summed E-state index contributed by atoms with van der Waals surface area (Å²) in [6, 6.07) is 0.372. The number of nitrogens with one attached hydrogen (secondary N) is 3. The van der Waals surface area contributed by atoms with Crippen molar-refractivity contribution in [2.75, 3.05) is 19.6 Å². The Bertz CT molecular complexity index is 240. The van der Waals surface area contributed by atoms with Gasteiger partial charge in [0.15, 0.2) is 0 Å². The molecule has 3 N–H and O–H groups in total. The molecular formula is C12H25N3O2. The zero-order valence-corrected chi connectivity index (χ0v) is 11.3. The number of carbonyl (C=O) groups excluding carboxylic acids is 2. The molecule has 0 saturated heterocycles. The molecule has 0 radical (unpaired) electrons. The van der Waals surface area contributed by atoms with E-state index in [-0.39, 0.29) is 18.4 Å². The molecule has 5 heteroatoms. The van der Waals surface area contributed by atoms with Gasteiger partial charge in [0, 0.05) is 25.6 Å². The van der Waals surface area contributed by atoms with E-state index in [1.54, 1.807) is 0 Å². The van der Waals surface area contributed by atoms with Crippen molar-refractivity contribution in [3.05, 3.63) is 0 Å². The van der Waals surface area contributed by atoms with Gasteiger partial charge >= 0.3 is 0 Å². The van der Waals surface area contributed by atoms with Gasteiger partial charge in [-0.05, 0) is 5.92 Å². The van der Waals surface area contributed by atoms with Crippen molar-refractivity contribution < 1.29 is 9.59 Å². The molecule has 0 bridgehead atoms. The van der Waals surface area contributed by atoms with Crippen molar-refractivity contribution in [2.24, 2.45) is 5.92 Å². The summed E-state index contributed by atoms with van der Waals surface area (Å²) in [7, 11) is 0. The van der Waals surface area contributed by atoms with Crippen LogP contribution in [0.25, 0.3) is 0 Å². The van der Waals surface area contributed by atoms with Gasteiger partial charge in [-0.1, -0.05) is 27.7 Å². The molecule has 0 aromatic heterocycles. The first-order chi connectivity index (χ1) is 7.91. The van der Waals surface area contributed by atoms with E-state index in [0.717, 1.165) is 0 Å². The minimum atomic E-state index is -0.135.